The molecular weight excluding hydrogens is 398 g/mol. The van der Waals surface area contributed by atoms with E-state index in [2.05, 4.69) is 30.2 Å². The Bertz CT molecular complexity index is 1080. The molecule has 0 unspecified atom stereocenters. The summed E-state index contributed by atoms with van der Waals surface area (Å²) in [5.74, 6) is -2.14. The molecule has 0 aliphatic carbocycles. The van der Waals surface area contributed by atoms with Gasteiger partial charge < -0.3 is 26.2 Å². The van der Waals surface area contributed by atoms with Crippen LogP contribution in [0.5, 0.6) is 5.75 Å². The Morgan fingerprint density at radius 1 is 1.28 bits per heavy atom. The summed E-state index contributed by atoms with van der Waals surface area (Å²) in [7, 11) is 0. The minimum atomic E-state index is -1.33. The van der Waals surface area contributed by atoms with Gasteiger partial charge in [-0.15, -0.1) is 0 Å². The monoisotopic (exact) mass is 417 g/mol. The lowest BCUT2D eigenvalue weighted by molar-refractivity contribution is -0.118. The number of imidazole rings is 1. The van der Waals surface area contributed by atoms with Crippen molar-refractivity contribution in [3.63, 3.8) is 0 Å². The maximum absolute atomic E-state index is 13.1. The number of rotatable bonds is 7. The molecule has 3 rings (SSSR count). The molecule has 0 aliphatic rings. The molecule has 0 spiro atoms. The van der Waals surface area contributed by atoms with E-state index in [9.17, 15) is 14.7 Å². The molecule has 12 heteroatoms. The summed E-state index contributed by atoms with van der Waals surface area (Å²) in [6, 6.07) is 1.10. The number of anilines is 2. The van der Waals surface area contributed by atoms with Crippen molar-refractivity contribution in [1.29, 1.82) is 0 Å². The molecule has 1 amide bonds. The second-order valence-electron chi connectivity index (χ2n) is 6.14. The molecule has 0 aromatic carbocycles. The van der Waals surface area contributed by atoms with Crippen molar-refractivity contribution in [3.8, 4) is 5.75 Å². The lowest BCUT2D eigenvalue weighted by atomic mass is 10.0. The van der Waals surface area contributed by atoms with Crippen LogP contribution in [0.1, 0.15) is 37.0 Å². The molecule has 3 aromatic rings. The van der Waals surface area contributed by atoms with E-state index in [4.69, 9.17) is 10.8 Å². The average molecular weight is 417 g/mol. The zero-order valence-corrected chi connectivity index (χ0v) is 16.4. The highest BCUT2D eigenvalue weighted by atomic mass is 32.2. The highest BCUT2D eigenvalue weighted by Gasteiger charge is 2.38. The van der Waals surface area contributed by atoms with Gasteiger partial charge in [0.15, 0.2) is 5.65 Å². The van der Waals surface area contributed by atoms with Gasteiger partial charge in [-0.05, 0) is 18.9 Å². The number of hydrogen-bond acceptors (Lipinski definition) is 9. The fourth-order valence-electron chi connectivity index (χ4n) is 2.76. The van der Waals surface area contributed by atoms with Crippen molar-refractivity contribution < 1.29 is 19.8 Å². The largest absolute Gasteiger partial charge is 0.505 e. The summed E-state index contributed by atoms with van der Waals surface area (Å²) in [6.45, 7) is 3.72. The van der Waals surface area contributed by atoms with Gasteiger partial charge in [-0.3, -0.25) is 4.79 Å². The summed E-state index contributed by atoms with van der Waals surface area (Å²) in [6.07, 6.45) is 3.34. The number of fused-ring (bicyclic) bond motifs is 1. The second-order valence-corrected chi connectivity index (χ2v) is 7.51. The first-order valence-corrected chi connectivity index (χ1v) is 9.50. The first-order valence-electron chi connectivity index (χ1n) is 8.69. The minimum absolute atomic E-state index is 0.0194. The number of carboxylic acid groups (broad SMARTS) is 1. The third kappa shape index (κ3) is 3.92. The standard InChI is InChI=1S/C17H19N7O4S/c1-3-17(4-2,29-13-11-12(21-7-20-11)23-16(18)24-13)15(28)22-10-5-8(14(26)27)9(25)6-19-10/h5-7,25H,3-4H2,1-2H3,(H,26,27)(H,19,22,28)(H3,18,20,21,23,24). The molecule has 0 fully saturated rings. The number of nitrogen functional groups attached to an aromatic ring is 1. The first kappa shape index (κ1) is 20.3. The van der Waals surface area contributed by atoms with Crippen molar-refractivity contribution in [2.24, 2.45) is 0 Å². The number of nitrogens with one attached hydrogen (secondary N) is 2. The van der Waals surface area contributed by atoms with Gasteiger partial charge in [-0.25, -0.2) is 19.7 Å². The van der Waals surface area contributed by atoms with Crippen LogP contribution in [-0.4, -0.2) is 51.8 Å². The number of nitrogens with zero attached hydrogens (tertiary/aromatic N) is 4. The summed E-state index contributed by atoms with van der Waals surface area (Å²) >= 11 is 1.22. The molecule has 0 saturated carbocycles. The third-order valence-electron chi connectivity index (χ3n) is 4.47. The molecule has 152 valence electrons. The van der Waals surface area contributed by atoms with Crippen molar-refractivity contribution in [1.82, 2.24) is 24.9 Å². The Morgan fingerprint density at radius 3 is 2.66 bits per heavy atom. The molecule has 0 bridgehead atoms. The third-order valence-corrected chi connectivity index (χ3v) is 6.12. The topological polar surface area (TPSA) is 180 Å². The molecule has 6 N–H and O–H groups in total. The van der Waals surface area contributed by atoms with Gasteiger partial charge in [0.25, 0.3) is 0 Å². The van der Waals surface area contributed by atoms with Crippen LogP contribution < -0.4 is 11.1 Å². The number of amides is 1. The van der Waals surface area contributed by atoms with Gasteiger partial charge in [0, 0.05) is 0 Å². The van der Waals surface area contributed by atoms with Crippen LogP contribution in [0.3, 0.4) is 0 Å². The van der Waals surface area contributed by atoms with Gasteiger partial charge in [0.1, 0.15) is 32.4 Å². The van der Waals surface area contributed by atoms with E-state index >= 15 is 0 Å². The van der Waals surface area contributed by atoms with Crippen LogP contribution in [-0.2, 0) is 4.79 Å². The zero-order valence-electron chi connectivity index (χ0n) is 15.6. The van der Waals surface area contributed by atoms with E-state index in [0.29, 0.717) is 29.0 Å². The quantitative estimate of drug-likeness (QED) is 0.282. The summed E-state index contributed by atoms with van der Waals surface area (Å²) < 4.78 is -0.943. The van der Waals surface area contributed by atoms with E-state index in [1.807, 2.05) is 13.8 Å². The van der Waals surface area contributed by atoms with Crippen LogP contribution >= 0.6 is 11.8 Å². The molecule has 11 nitrogen and oxygen atoms in total. The minimum Gasteiger partial charge on any atom is -0.505 e. The lowest BCUT2D eigenvalue weighted by Gasteiger charge is -2.29. The maximum atomic E-state index is 13.1. The normalized spacial score (nSPS) is 11.5. The van der Waals surface area contributed by atoms with Crippen molar-refractivity contribution >= 4 is 46.6 Å². The van der Waals surface area contributed by atoms with Gasteiger partial charge in [-0.1, -0.05) is 25.6 Å². The smallest absolute Gasteiger partial charge is 0.339 e. The number of carbonyl (C=O) groups excluding carboxylic acids is 1. The summed E-state index contributed by atoms with van der Waals surface area (Å²) in [5.41, 5.74) is 6.37. The number of carboxylic acids is 1. The number of aromatic nitrogens is 5. The number of H-pyrrole nitrogens is 1. The number of aromatic hydroxyl groups is 1. The fraction of sp³-hybridized carbons (Fsp3) is 0.294. The van der Waals surface area contributed by atoms with Crippen LogP contribution in [0.2, 0.25) is 0 Å². The van der Waals surface area contributed by atoms with Crippen LogP contribution in [0.4, 0.5) is 11.8 Å². The molecular formula is C17H19N7O4S. The molecule has 0 aliphatic heterocycles. The van der Waals surface area contributed by atoms with E-state index in [0.717, 1.165) is 12.3 Å². The molecule has 3 aromatic heterocycles. The number of thioether (sulfide) groups is 1. The van der Waals surface area contributed by atoms with Gasteiger partial charge in [-0.2, -0.15) is 4.98 Å². The molecule has 0 radical (unpaired) electrons. The van der Waals surface area contributed by atoms with Crippen molar-refractivity contribution in [3.05, 3.63) is 24.2 Å². The van der Waals surface area contributed by atoms with Crippen LogP contribution in [0.25, 0.3) is 11.2 Å². The number of hydrogen-bond donors (Lipinski definition) is 5. The van der Waals surface area contributed by atoms with Gasteiger partial charge in [0.2, 0.25) is 11.9 Å². The predicted molar refractivity (Wildman–Crippen MR) is 107 cm³/mol. The maximum Gasteiger partial charge on any atom is 0.339 e. The number of aromatic carboxylic acids is 1. The van der Waals surface area contributed by atoms with Crippen molar-refractivity contribution in [2.45, 2.75) is 36.5 Å². The molecule has 0 saturated heterocycles. The van der Waals surface area contributed by atoms with Crippen LogP contribution in [0.15, 0.2) is 23.6 Å². The number of carbonyl (C=O) groups is 2. The van der Waals surface area contributed by atoms with Crippen molar-refractivity contribution in [2.75, 3.05) is 11.1 Å². The molecule has 0 atom stereocenters. The Balaban J connectivity index is 1.94. The summed E-state index contributed by atoms with van der Waals surface area (Å²) in [5, 5.41) is 21.9. The molecule has 29 heavy (non-hydrogen) atoms. The predicted octanol–water partition coefficient (Wildman–Crippen LogP) is 2.02. The van der Waals surface area contributed by atoms with E-state index < -0.39 is 16.5 Å². The van der Waals surface area contributed by atoms with Gasteiger partial charge in [0.05, 0.1) is 12.5 Å². The number of nitrogens with two attached hydrogens (primary N) is 1. The first-order chi connectivity index (χ1) is 13.8. The Kier molecular flexibility index (Phi) is 5.55. The van der Waals surface area contributed by atoms with Crippen LogP contribution in [0, 0.1) is 0 Å². The Labute approximate surface area is 169 Å². The Morgan fingerprint density at radius 2 is 2.00 bits per heavy atom. The average Bonchev–Trinajstić information content (AvgIpc) is 3.15. The summed E-state index contributed by atoms with van der Waals surface area (Å²) in [4.78, 5) is 43.6. The van der Waals surface area contributed by atoms with E-state index in [1.54, 1.807) is 0 Å². The second kappa shape index (κ2) is 7.91. The van der Waals surface area contributed by atoms with E-state index in [-0.39, 0.29) is 23.2 Å². The number of aromatic amines is 1. The Hall–Kier alpha value is -3.41. The molecule has 3 heterocycles. The lowest BCUT2D eigenvalue weighted by Crippen LogP contribution is -2.39. The zero-order chi connectivity index (χ0) is 21.2. The SMILES string of the molecule is CCC(CC)(Sc1nc(N)nc2nc[nH]c12)C(=O)Nc1cc(C(=O)O)c(O)cn1. The van der Waals surface area contributed by atoms with Gasteiger partial charge >= 0.3 is 5.97 Å². The van der Waals surface area contributed by atoms with E-state index in [1.165, 1.54) is 18.1 Å². The fourth-order valence-corrected chi connectivity index (χ4v) is 3.96. The highest BCUT2D eigenvalue weighted by molar-refractivity contribution is 8.01. The highest BCUT2D eigenvalue weighted by Crippen LogP contribution is 2.40. The number of pyridine rings is 1.